The third kappa shape index (κ3) is 6.30. The number of hydrogen-bond acceptors (Lipinski definition) is 4. The van der Waals surface area contributed by atoms with Crippen LogP contribution in [0.25, 0.3) is 0 Å². The summed E-state index contributed by atoms with van der Waals surface area (Å²) in [5.41, 5.74) is 0. The van der Waals surface area contributed by atoms with Crippen LogP contribution in [0.3, 0.4) is 0 Å². The molecule has 0 aromatic rings. The Morgan fingerprint density at radius 3 is 2.54 bits per heavy atom. The number of carbonyl (C=O) groups is 1. The van der Waals surface area contributed by atoms with Crippen LogP contribution in [0.4, 0.5) is 0 Å². The standard InChI is InChI=1S/C7H13NO4S/c1-4-7(9)8-13(10,11)12-5-6(2)3/h4,6H,1,5H2,2-3H3,(H,8,9). The molecule has 0 rings (SSSR count). The Balaban J connectivity index is 4.10. The largest absolute Gasteiger partial charge is 0.362 e. The van der Waals surface area contributed by atoms with E-state index in [0.29, 0.717) is 0 Å². The van der Waals surface area contributed by atoms with Crippen LogP contribution in [-0.4, -0.2) is 20.9 Å². The fourth-order valence-electron chi connectivity index (χ4n) is 0.420. The number of hydrogen-bond donors (Lipinski definition) is 1. The third-order valence-electron chi connectivity index (χ3n) is 0.968. The molecule has 0 aliphatic carbocycles. The van der Waals surface area contributed by atoms with E-state index in [1.807, 2.05) is 0 Å². The average Bonchev–Trinajstić information content (AvgIpc) is 2.00. The lowest BCUT2D eigenvalue weighted by Gasteiger charge is -2.06. The molecule has 0 atom stereocenters. The fraction of sp³-hybridized carbons (Fsp3) is 0.571. The van der Waals surface area contributed by atoms with E-state index in [9.17, 15) is 13.2 Å². The zero-order chi connectivity index (χ0) is 10.5. The van der Waals surface area contributed by atoms with E-state index in [-0.39, 0.29) is 12.5 Å². The fourth-order valence-corrected chi connectivity index (χ4v) is 1.26. The van der Waals surface area contributed by atoms with Gasteiger partial charge in [-0.3, -0.25) is 8.98 Å². The highest BCUT2D eigenvalue weighted by Gasteiger charge is 2.13. The van der Waals surface area contributed by atoms with Gasteiger partial charge in [0.2, 0.25) is 0 Å². The van der Waals surface area contributed by atoms with Crippen molar-refractivity contribution in [1.29, 1.82) is 0 Å². The lowest BCUT2D eigenvalue weighted by molar-refractivity contribution is -0.114. The number of carbonyl (C=O) groups excluding carboxylic acids is 1. The Hall–Kier alpha value is -0.880. The van der Waals surface area contributed by atoms with Gasteiger partial charge in [-0.25, -0.2) is 4.72 Å². The highest BCUT2D eigenvalue weighted by Crippen LogP contribution is 1.96. The topological polar surface area (TPSA) is 72.5 Å². The first-order valence-electron chi connectivity index (χ1n) is 3.71. The molecule has 0 heterocycles. The summed E-state index contributed by atoms with van der Waals surface area (Å²) in [6, 6.07) is 0. The van der Waals surface area contributed by atoms with Crippen molar-refractivity contribution in [2.24, 2.45) is 5.92 Å². The van der Waals surface area contributed by atoms with E-state index in [0.717, 1.165) is 6.08 Å². The molecule has 1 amide bonds. The molecular formula is C7H13NO4S. The van der Waals surface area contributed by atoms with Crippen LogP contribution >= 0.6 is 0 Å². The van der Waals surface area contributed by atoms with Crippen LogP contribution in [-0.2, 0) is 19.3 Å². The van der Waals surface area contributed by atoms with Gasteiger partial charge in [0.05, 0.1) is 6.61 Å². The lowest BCUT2D eigenvalue weighted by atomic mass is 10.2. The predicted octanol–water partition coefficient (Wildman–Crippen LogP) is 0.206. The van der Waals surface area contributed by atoms with Gasteiger partial charge in [0.15, 0.2) is 0 Å². The minimum absolute atomic E-state index is 0.0414. The van der Waals surface area contributed by atoms with Crippen LogP contribution < -0.4 is 4.72 Å². The summed E-state index contributed by atoms with van der Waals surface area (Å²) >= 11 is 0. The normalized spacial score (nSPS) is 11.3. The molecule has 6 heteroatoms. The number of nitrogens with one attached hydrogen (secondary N) is 1. The molecule has 76 valence electrons. The first-order valence-corrected chi connectivity index (χ1v) is 5.12. The second-order valence-electron chi connectivity index (χ2n) is 2.80. The molecule has 5 nitrogen and oxygen atoms in total. The van der Waals surface area contributed by atoms with Gasteiger partial charge in [-0.05, 0) is 12.0 Å². The van der Waals surface area contributed by atoms with Gasteiger partial charge in [0.1, 0.15) is 0 Å². The summed E-state index contributed by atoms with van der Waals surface area (Å²) < 4.78 is 27.9. The molecule has 1 N–H and O–H groups in total. The van der Waals surface area contributed by atoms with Crippen LogP contribution in [0, 0.1) is 5.92 Å². The summed E-state index contributed by atoms with van der Waals surface area (Å²) in [4.78, 5) is 10.6. The molecule has 0 spiro atoms. The Labute approximate surface area is 78.0 Å². The van der Waals surface area contributed by atoms with Crippen molar-refractivity contribution in [2.75, 3.05) is 6.61 Å². The summed E-state index contributed by atoms with van der Waals surface area (Å²) in [7, 11) is -3.96. The molecule has 0 saturated carbocycles. The molecular weight excluding hydrogens is 194 g/mol. The highest BCUT2D eigenvalue weighted by molar-refractivity contribution is 7.85. The molecule has 13 heavy (non-hydrogen) atoms. The minimum atomic E-state index is -3.96. The lowest BCUT2D eigenvalue weighted by Crippen LogP contribution is -2.31. The average molecular weight is 207 g/mol. The van der Waals surface area contributed by atoms with Crippen LogP contribution in [0.5, 0.6) is 0 Å². The first kappa shape index (κ1) is 12.1. The van der Waals surface area contributed by atoms with E-state index < -0.39 is 16.2 Å². The van der Waals surface area contributed by atoms with E-state index >= 15 is 0 Å². The Bertz CT molecular complexity index is 281. The van der Waals surface area contributed by atoms with Crippen LogP contribution in [0.15, 0.2) is 12.7 Å². The molecule has 0 aromatic carbocycles. The van der Waals surface area contributed by atoms with Crippen molar-refractivity contribution in [3.05, 3.63) is 12.7 Å². The maximum absolute atomic E-state index is 10.9. The molecule has 0 fully saturated rings. The molecule has 0 aliphatic heterocycles. The van der Waals surface area contributed by atoms with Gasteiger partial charge < -0.3 is 0 Å². The minimum Gasteiger partial charge on any atom is -0.269 e. The van der Waals surface area contributed by atoms with Crippen molar-refractivity contribution < 1.29 is 17.4 Å². The molecule has 0 unspecified atom stereocenters. The van der Waals surface area contributed by atoms with E-state index in [1.165, 1.54) is 0 Å². The Morgan fingerprint density at radius 2 is 2.15 bits per heavy atom. The second-order valence-corrected chi connectivity index (χ2v) is 4.15. The summed E-state index contributed by atoms with van der Waals surface area (Å²) in [6.07, 6.45) is 0.857. The zero-order valence-electron chi connectivity index (χ0n) is 7.61. The van der Waals surface area contributed by atoms with Gasteiger partial charge in [-0.15, -0.1) is 0 Å². The summed E-state index contributed by atoms with van der Waals surface area (Å²) in [5.74, 6) is -0.723. The Kier molecular flexibility index (Phi) is 4.64. The van der Waals surface area contributed by atoms with Gasteiger partial charge in [-0.1, -0.05) is 20.4 Å². The number of rotatable bonds is 5. The summed E-state index contributed by atoms with van der Waals surface area (Å²) in [5, 5.41) is 0. The Morgan fingerprint density at radius 1 is 1.62 bits per heavy atom. The second kappa shape index (κ2) is 4.98. The molecule has 0 radical (unpaired) electrons. The quantitative estimate of drug-likeness (QED) is 0.654. The third-order valence-corrected chi connectivity index (χ3v) is 1.87. The number of amides is 1. The zero-order valence-corrected chi connectivity index (χ0v) is 8.43. The van der Waals surface area contributed by atoms with Gasteiger partial charge >= 0.3 is 10.3 Å². The summed E-state index contributed by atoms with van der Waals surface area (Å²) in [6.45, 7) is 6.74. The van der Waals surface area contributed by atoms with E-state index in [1.54, 1.807) is 18.6 Å². The highest BCUT2D eigenvalue weighted by atomic mass is 32.2. The van der Waals surface area contributed by atoms with Gasteiger partial charge in [0, 0.05) is 0 Å². The van der Waals surface area contributed by atoms with Crippen LogP contribution in [0.1, 0.15) is 13.8 Å². The maximum Gasteiger partial charge on any atom is 0.362 e. The molecule has 0 bridgehead atoms. The van der Waals surface area contributed by atoms with Crippen molar-refractivity contribution >= 4 is 16.2 Å². The monoisotopic (exact) mass is 207 g/mol. The SMILES string of the molecule is C=CC(=O)NS(=O)(=O)OCC(C)C. The molecule has 0 aromatic heterocycles. The first-order chi connectivity index (χ1) is 5.87. The molecule has 0 saturated heterocycles. The van der Waals surface area contributed by atoms with Crippen molar-refractivity contribution in [3.8, 4) is 0 Å². The predicted molar refractivity (Wildman–Crippen MR) is 48.0 cm³/mol. The van der Waals surface area contributed by atoms with Crippen LogP contribution in [0.2, 0.25) is 0 Å². The van der Waals surface area contributed by atoms with Gasteiger partial charge in [-0.2, -0.15) is 8.42 Å². The van der Waals surface area contributed by atoms with Gasteiger partial charge in [0.25, 0.3) is 5.91 Å². The smallest absolute Gasteiger partial charge is 0.269 e. The van der Waals surface area contributed by atoms with Crippen molar-refractivity contribution in [3.63, 3.8) is 0 Å². The maximum atomic E-state index is 10.9. The van der Waals surface area contributed by atoms with E-state index in [2.05, 4.69) is 10.8 Å². The molecule has 0 aliphatic rings. The van der Waals surface area contributed by atoms with Crippen molar-refractivity contribution in [2.45, 2.75) is 13.8 Å². The van der Waals surface area contributed by atoms with Crippen molar-refractivity contribution in [1.82, 2.24) is 4.72 Å². The van der Waals surface area contributed by atoms with E-state index in [4.69, 9.17) is 0 Å².